The molecule has 0 radical (unpaired) electrons. The van der Waals surface area contributed by atoms with E-state index in [2.05, 4.69) is 23.4 Å². The third-order valence-corrected chi connectivity index (χ3v) is 5.77. The Morgan fingerprint density at radius 3 is 2.61 bits per heavy atom. The van der Waals surface area contributed by atoms with Crippen LogP contribution in [0.3, 0.4) is 0 Å². The summed E-state index contributed by atoms with van der Waals surface area (Å²) in [5.74, 6) is 3.19. The van der Waals surface area contributed by atoms with E-state index in [1.165, 1.54) is 0 Å². The Kier molecular flexibility index (Phi) is 6.11. The van der Waals surface area contributed by atoms with Crippen LogP contribution in [0.1, 0.15) is 36.5 Å². The van der Waals surface area contributed by atoms with Crippen LogP contribution < -0.4 is 9.47 Å². The number of benzene rings is 1. The predicted molar refractivity (Wildman–Crippen MR) is 120 cm³/mol. The Morgan fingerprint density at radius 2 is 1.94 bits per heavy atom. The largest absolute Gasteiger partial charge is 0.497 e. The monoisotopic (exact) mass is 422 g/mol. The van der Waals surface area contributed by atoms with Crippen molar-refractivity contribution in [1.82, 2.24) is 19.4 Å². The number of carbonyl (C=O) groups is 1. The van der Waals surface area contributed by atoms with Crippen molar-refractivity contribution in [2.24, 2.45) is 11.8 Å². The van der Waals surface area contributed by atoms with Gasteiger partial charge in [0.2, 0.25) is 0 Å². The van der Waals surface area contributed by atoms with E-state index in [4.69, 9.17) is 14.5 Å². The predicted octanol–water partition coefficient (Wildman–Crippen LogP) is 3.81. The Hall–Kier alpha value is -3.09. The van der Waals surface area contributed by atoms with E-state index in [0.29, 0.717) is 28.9 Å². The molecular formula is C24H30N4O3. The number of hydrogen-bond donors (Lipinski definition) is 0. The lowest BCUT2D eigenvalue weighted by molar-refractivity contribution is 0.0786. The summed E-state index contributed by atoms with van der Waals surface area (Å²) in [5.41, 5.74) is 2.47. The Labute approximate surface area is 183 Å². The number of methoxy groups -OCH3 is 2. The fraction of sp³-hybridized carbons (Fsp3) is 0.458. The minimum atomic E-state index is 0.0112. The molecule has 31 heavy (non-hydrogen) atoms. The molecule has 3 aromatic rings. The van der Waals surface area contributed by atoms with Crippen molar-refractivity contribution in [3.63, 3.8) is 0 Å². The molecule has 0 saturated carbocycles. The summed E-state index contributed by atoms with van der Waals surface area (Å²) in [6.45, 7) is 6.76. The van der Waals surface area contributed by atoms with Gasteiger partial charge < -0.3 is 18.9 Å². The average molecular weight is 423 g/mol. The molecule has 1 fully saturated rings. The van der Waals surface area contributed by atoms with Crippen molar-refractivity contribution < 1.29 is 14.3 Å². The number of imidazole rings is 1. The molecule has 0 unspecified atom stereocenters. The van der Waals surface area contributed by atoms with Crippen molar-refractivity contribution >= 4 is 17.1 Å². The smallest absolute Gasteiger partial charge is 0.254 e. The first-order valence-corrected chi connectivity index (χ1v) is 10.8. The lowest BCUT2D eigenvalue weighted by Gasteiger charge is -2.18. The summed E-state index contributed by atoms with van der Waals surface area (Å²) in [6, 6.07) is 9.26. The molecule has 2 aromatic heterocycles. The van der Waals surface area contributed by atoms with Gasteiger partial charge in [-0.05, 0) is 42.5 Å². The van der Waals surface area contributed by atoms with E-state index in [9.17, 15) is 4.79 Å². The Bertz CT molecular complexity index is 1050. The summed E-state index contributed by atoms with van der Waals surface area (Å²) in [7, 11) is 3.18. The lowest BCUT2D eigenvalue weighted by atomic mass is 10.0. The molecule has 4 rings (SSSR count). The van der Waals surface area contributed by atoms with Crippen molar-refractivity contribution in [3.8, 4) is 11.5 Å². The fourth-order valence-corrected chi connectivity index (χ4v) is 4.27. The molecular weight excluding hydrogens is 392 g/mol. The summed E-state index contributed by atoms with van der Waals surface area (Å²) in [4.78, 5) is 24.5. The third kappa shape index (κ3) is 4.50. The molecule has 0 spiro atoms. The zero-order chi connectivity index (χ0) is 22.0. The first-order chi connectivity index (χ1) is 15.0. The van der Waals surface area contributed by atoms with Gasteiger partial charge in [-0.1, -0.05) is 13.8 Å². The second-order valence-corrected chi connectivity index (χ2v) is 8.59. The van der Waals surface area contributed by atoms with E-state index in [1.807, 2.05) is 23.2 Å². The molecule has 3 heterocycles. The standard InChI is InChI=1S/C24H30N4O3/c1-16(2)14-28-22(26-21-6-5-8-25-23(21)28)10-17-7-9-27(15-17)24(29)18-11-19(30-3)13-20(12-18)31-4/h5-6,8,11-13,16-17H,7,9-10,14-15H2,1-4H3/t17-/m1/s1. The van der Waals surface area contributed by atoms with Gasteiger partial charge in [0.15, 0.2) is 5.65 Å². The van der Waals surface area contributed by atoms with E-state index in [0.717, 1.165) is 49.5 Å². The molecule has 7 heteroatoms. The van der Waals surface area contributed by atoms with Crippen molar-refractivity contribution in [2.45, 2.75) is 33.2 Å². The highest BCUT2D eigenvalue weighted by atomic mass is 16.5. The molecule has 1 amide bonds. The van der Waals surface area contributed by atoms with Gasteiger partial charge in [0.25, 0.3) is 5.91 Å². The maximum Gasteiger partial charge on any atom is 0.254 e. The maximum absolute atomic E-state index is 13.1. The molecule has 0 bridgehead atoms. The van der Waals surface area contributed by atoms with Gasteiger partial charge in [-0.15, -0.1) is 0 Å². The molecule has 164 valence electrons. The van der Waals surface area contributed by atoms with Crippen molar-refractivity contribution in [2.75, 3.05) is 27.3 Å². The second-order valence-electron chi connectivity index (χ2n) is 8.59. The SMILES string of the molecule is COc1cc(OC)cc(C(=O)N2CC[C@H](Cc3nc4cccnc4n3CC(C)C)C2)c1. The van der Waals surface area contributed by atoms with Crippen LogP contribution in [-0.2, 0) is 13.0 Å². The molecule has 1 atom stereocenters. The molecule has 1 aliphatic heterocycles. The van der Waals surface area contributed by atoms with E-state index in [-0.39, 0.29) is 5.91 Å². The van der Waals surface area contributed by atoms with Crippen LogP contribution in [0.4, 0.5) is 0 Å². The number of rotatable bonds is 7. The summed E-state index contributed by atoms with van der Waals surface area (Å²) < 4.78 is 12.9. The maximum atomic E-state index is 13.1. The van der Waals surface area contributed by atoms with Crippen LogP contribution in [-0.4, -0.2) is 52.7 Å². The van der Waals surface area contributed by atoms with Crippen LogP contribution in [0.15, 0.2) is 36.5 Å². The number of aromatic nitrogens is 3. The number of hydrogen-bond acceptors (Lipinski definition) is 5. The van der Waals surface area contributed by atoms with Crippen LogP contribution >= 0.6 is 0 Å². The van der Waals surface area contributed by atoms with E-state index < -0.39 is 0 Å². The number of pyridine rings is 1. The van der Waals surface area contributed by atoms with Gasteiger partial charge in [0, 0.05) is 43.9 Å². The molecule has 1 aromatic carbocycles. The number of amides is 1. The first kappa shape index (κ1) is 21.2. The van der Waals surface area contributed by atoms with Gasteiger partial charge >= 0.3 is 0 Å². The second kappa shape index (κ2) is 8.96. The highest BCUT2D eigenvalue weighted by molar-refractivity contribution is 5.95. The zero-order valence-electron chi connectivity index (χ0n) is 18.7. The van der Waals surface area contributed by atoms with Crippen LogP contribution in [0.2, 0.25) is 0 Å². The highest BCUT2D eigenvalue weighted by Crippen LogP contribution is 2.27. The molecule has 0 N–H and O–H groups in total. The van der Waals surface area contributed by atoms with Crippen LogP contribution in [0.25, 0.3) is 11.2 Å². The average Bonchev–Trinajstić information content (AvgIpc) is 3.37. The van der Waals surface area contributed by atoms with Gasteiger partial charge in [-0.2, -0.15) is 0 Å². The van der Waals surface area contributed by atoms with Crippen molar-refractivity contribution in [1.29, 1.82) is 0 Å². The topological polar surface area (TPSA) is 69.5 Å². The fourth-order valence-electron chi connectivity index (χ4n) is 4.27. The minimum absolute atomic E-state index is 0.0112. The third-order valence-electron chi connectivity index (χ3n) is 5.77. The Balaban J connectivity index is 1.50. The number of fused-ring (bicyclic) bond motifs is 1. The summed E-state index contributed by atoms with van der Waals surface area (Å²) in [5, 5.41) is 0. The van der Waals surface area contributed by atoms with Gasteiger partial charge in [0.05, 0.1) is 14.2 Å². The lowest BCUT2D eigenvalue weighted by Crippen LogP contribution is -2.29. The number of ether oxygens (including phenoxy) is 2. The first-order valence-electron chi connectivity index (χ1n) is 10.8. The van der Waals surface area contributed by atoms with Gasteiger partial charge in [-0.3, -0.25) is 4.79 Å². The quantitative estimate of drug-likeness (QED) is 0.579. The van der Waals surface area contributed by atoms with E-state index in [1.54, 1.807) is 32.4 Å². The van der Waals surface area contributed by atoms with Gasteiger partial charge in [-0.25, -0.2) is 9.97 Å². The van der Waals surface area contributed by atoms with E-state index >= 15 is 0 Å². The van der Waals surface area contributed by atoms with Crippen LogP contribution in [0, 0.1) is 11.8 Å². The Morgan fingerprint density at radius 1 is 1.19 bits per heavy atom. The number of likely N-dealkylation sites (tertiary alicyclic amines) is 1. The number of carbonyl (C=O) groups excluding carboxylic acids is 1. The molecule has 7 nitrogen and oxygen atoms in total. The zero-order valence-corrected chi connectivity index (χ0v) is 18.7. The highest BCUT2D eigenvalue weighted by Gasteiger charge is 2.29. The minimum Gasteiger partial charge on any atom is -0.497 e. The summed E-state index contributed by atoms with van der Waals surface area (Å²) >= 11 is 0. The van der Waals surface area contributed by atoms with Crippen molar-refractivity contribution in [3.05, 3.63) is 47.9 Å². The molecule has 1 aliphatic rings. The summed E-state index contributed by atoms with van der Waals surface area (Å²) in [6.07, 6.45) is 3.63. The van der Waals surface area contributed by atoms with Crippen LogP contribution in [0.5, 0.6) is 11.5 Å². The van der Waals surface area contributed by atoms with Gasteiger partial charge in [0.1, 0.15) is 22.8 Å². The molecule has 0 aliphatic carbocycles. The molecule has 1 saturated heterocycles. The normalized spacial score (nSPS) is 16.3. The number of nitrogens with zero attached hydrogens (tertiary/aromatic N) is 4.